The lowest BCUT2D eigenvalue weighted by atomic mass is 9.91. The van der Waals surface area contributed by atoms with Gasteiger partial charge in [-0.3, -0.25) is 0 Å². The second kappa shape index (κ2) is 5.06. The molecule has 82 valence electrons. The number of hydrogen-bond donors (Lipinski definition) is 0. The highest BCUT2D eigenvalue weighted by Crippen LogP contribution is 2.41. The molecule has 0 saturated heterocycles. The van der Waals surface area contributed by atoms with Gasteiger partial charge in [-0.25, -0.2) is 0 Å². The Hall–Kier alpha value is -0.440. The van der Waals surface area contributed by atoms with Crippen LogP contribution in [0.3, 0.4) is 0 Å². The van der Waals surface area contributed by atoms with E-state index in [0.717, 1.165) is 12.1 Å². The molecule has 3 atom stereocenters. The molecule has 3 unspecified atom stereocenters. The minimum absolute atomic E-state index is 0.576. The highest BCUT2D eigenvalue weighted by molar-refractivity contribution is 7.99. The van der Waals surface area contributed by atoms with E-state index in [4.69, 9.17) is 0 Å². The van der Waals surface area contributed by atoms with Gasteiger partial charge in [0, 0.05) is 5.25 Å². The zero-order valence-electron chi connectivity index (χ0n) is 9.52. The lowest BCUT2D eigenvalue weighted by molar-refractivity contribution is 0.419. The first-order valence-electron chi connectivity index (χ1n) is 5.79. The maximum Gasteiger partial charge on any atom is 0.244 e. The summed E-state index contributed by atoms with van der Waals surface area (Å²) in [7, 11) is 0. The number of nitrogens with zero attached hydrogens (tertiary/aromatic N) is 2. The van der Waals surface area contributed by atoms with Crippen LogP contribution in [-0.2, 0) is 0 Å². The summed E-state index contributed by atoms with van der Waals surface area (Å²) in [5.41, 5.74) is 0. The van der Waals surface area contributed by atoms with E-state index in [1.165, 1.54) is 25.7 Å². The third-order valence-electron chi connectivity index (χ3n) is 3.47. The van der Waals surface area contributed by atoms with Crippen molar-refractivity contribution < 1.29 is 0 Å². The van der Waals surface area contributed by atoms with Gasteiger partial charge in [0.05, 0.1) is 5.92 Å². The molecule has 1 aliphatic heterocycles. The molecule has 3 heteroatoms. The highest BCUT2D eigenvalue weighted by Gasteiger charge is 2.38. The van der Waals surface area contributed by atoms with Crippen LogP contribution in [0, 0.1) is 18.0 Å². The fraction of sp³-hybridized carbons (Fsp3) is 0.750. The van der Waals surface area contributed by atoms with Gasteiger partial charge in [0.2, 0.25) is 6.17 Å². The molecule has 0 aromatic heterocycles. The Balaban J connectivity index is 2.11. The first-order valence-corrected chi connectivity index (χ1v) is 7.08. The van der Waals surface area contributed by atoms with Gasteiger partial charge in [-0.1, -0.05) is 29.8 Å². The van der Waals surface area contributed by atoms with E-state index in [1.54, 1.807) is 0 Å². The van der Waals surface area contributed by atoms with E-state index in [9.17, 15) is 0 Å². The first kappa shape index (κ1) is 11.1. The van der Waals surface area contributed by atoms with E-state index >= 15 is 0 Å². The number of thioether (sulfide) groups is 1. The predicted octanol–water partition coefficient (Wildman–Crippen LogP) is 3.19. The molecule has 1 aliphatic carbocycles. The van der Waals surface area contributed by atoms with Crippen molar-refractivity contribution in [2.24, 2.45) is 21.8 Å². The average Bonchev–Trinajstić information content (AvgIpc) is 2.69. The molecule has 0 aromatic rings. The molecule has 15 heavy (non-hydrogen) atoms. The van der Waals surface area contributed by atoms with Gasteiger partial charge in [0.1, 0.15) is 0 Å². The Bertz CT molecular complexity index is 250. The van der Waals surface area contributed by atoms with Crippen molar-refractivity contribution in [3.63, 3.8) is 0 Å². The van der Waals surface area contributed by atoms with Crippen molar-refractivity contribution in [1.82, 2.24) is 0 Å². The van der Waals surface area contributed by atoms with Crippen molar-refractivity contribution in [3.8, 4) is 0 Å². The average molecular weight is 223 g/mol. The number of rotatable bonds is 2. The van der Waals surface area contributed by atoms with Crippen molar-refractivity contribution >= 4 is 24.2 Å². The van der Waals surface area contributed by atoms with Gasteiger partial charge >= 0.3 is 0 Å². The zero-order valence-corrected chi connectivity index (χ0v) is 10.3. The monoisotopic (exact) mass is 223 g/mol. The molecule has 2 aliphatic rings. The minimum Gasteiger partial charge on any atom is -0.160 e. The fourth-order valence-electron chi connectivity index (χ4n) is 2.67. The molecule has 1 heterocycles. The van der Waals surface area contributed by atoms with Crippen molar-refractivity contribution in [3.05, 3.63) is 6.17 Å². The molecule has 1 fully saturated rings. The number of aliphatic imine (C=N–C) groups is 2. The van der Waals surface area contributed by atoms with Crippen LogP contribution in [-0.4, -0.2) is 23.9 Å². The maximum absolute atomic E-state index is 4.39. The Morgan fingerprint density at radius 2 is 1.87 bits per heavy atom. The smallest absolute Gasteiger partial charge is 0.160 e. The quantitative estimate of drug-likeness (QED) is 0.521. The third kappa shape index (κ3) is 2.39. The molecule has 0 bridgehead atoms. The molecular formula is C12H19N2S+. The summed E-state index contributed by atoms with van der Waals surface area (Å²) < 4.78 is 0. The lowest BCUT2D eigenvalue weighted by Crippen LogP contribution is -2.26. The van der Waals surface area contributed by atoms with Crippen LogP contribution in [0.5, 0.6) is 0 Å². The molecule has 0 spiro atoms. The topological polar surface area (TPSA) is 24.7 Å². The Morgan fingerprint density at radius 3 is 2.53 bits per heavy atom. The van der Waals surface area contributed by atoms with Gasteiger partial charge in [0.15, 0.2) is 12.4 Å². The van der Waals surface area contributed by atoms with E-state index < -0.39 is 0 Å². The van der Waals surface area contributed by atoms with Crippen LogP contribution in [0.1, 0.15) is 32.6 Å². The largest absolute Gasteiger partial charge is 0.244 e. The summed E-state index contributed by atoms with van der Waals surface area (Å²) in [4.78, 5) is 8.78. The SMILES string of the molecule is CSC1C(C)CCCCC1[C+]1N=CC=N1. The molecular weight excluding hydrogens is 204 g/mol. The van der Waals surface area contributed by atoms with Crippen LogP contribution in [0.15, 0.2) is 9.98 Å². The molecule has 2 rings (SSSR count). The maximum atomic E-state index is 4.39. The third-order valence-corrected chi connectivity index (χ3v) is 4.80. The normalized spacial score (nSPS) is 35.9. The predicted molar refractivity (Wildman–Crippen MR) is 68.7 cm³/mol. The summed E-state index contributed by atoms with van der Waals surface area (Å²) in [5.74, 6) is 1.37. The van der Waals surface area contributed by atoms with Crippen LogP contribution in [0.2, 0.25) is 0 Å². The Kier molecular flexibility index (Phi) is 3.73. The second-order valence-electron chi connectivity index (χ2n) is 4.48. The fourth-order valence-corrected chi connectivity index (χ4v) is 3.86. The molecule has 0 amide bonds. The van der Waals surface area contributed by atoms with Crippen LogP contribution in [0.4, 0.5) is 0 Å². The molecule has 0 radical (unpaired) electrons. The van der Waals surface area contributed by atoms with Gasteiger partial charge < -0.3 is 0 Å². The van der Waals surface area contributed by atoms with Crippen molar-refractivity contribution in [2.45, 2.75) is 37.9 Å². The van der Waals surface area contributed by atoms with E-state index in [2.05, 4.69) is 23.2 Å². The second-order valence-corrected chi connectivity index (χ2v) is 5.50. The van der Waals surface area contributed by atoms with Crippen molar-refractivity contribution in [2.75, 3.05) is 6.26 Å². The molecule has 0 N–H and O–H groups in total. The minimum atomic E-state index is 0.576. The summed E-state index contributed by atoms with van der Waals surface area (Å²) >= 11 is 1.99. The van der Waals surface area contributed by atoms with E-state index in [1.807, 2.05) is 24.2 Å². The standard InChI is InChI=1S/C12H19N2S/c1-9-5-3-4-6-10(11(9)15-2)12-13-7-8-14-12/h7-11H,3-6H2,1-2H3/q+1. The van der Waals surface area contributed by atoms with E-state index in [-0.39, 0.29) is 0 Å². The summed E-state index contributed by atoms with van der Waals surface area (Å²) in [6.07, 6.45) is 12.3. The van der Waals surface area contributed by atoms with Gasteiger partial charge in [-0.15, -0.1) is 0 Å². The molecule has 1 saturated carbocycles. The van der Waals surface area contributed by atoms with Crippen LogP contribution in [0.25, 0.3) is 0 Å². The zero-order chi connectivity index (χ0) is 10.7. The summed E-state index contributed by atoms with van der Waals surface area (Å²) in [5, 5.41) is 0.704. The van der Waals surface area contributed by atoms with Crippen LogP contribution >= 0.6 is 11.8 Å². The van der Waals surface area contributed by atoms with Gasteiger partial charge in [0.25, 0.3) is 0 Å². The Morgan fingerprint density at radius 1 is 1.20 bits per heavy atom. The van der Waals surface area contributed by atoms with Crippen molar-refractivity contribution in [1.29, 1.82) is 0 Å². The number of hydrogen-bond acceptors (Lipinski definition) is 3. The molecule has 2 nitrogen and oxygen atoms in total. The lowest BCUT2D eigenvalue weighted by Gasteiger charge is -2.25. The molecule has 0 aromatic carbocycles. The first-order chi connectivity index (χ1) is 7.33. The van der Waals surface area contributed by atoms with E-state index in [0.29, 0.717) is 11.2 Å². The summed E-state index contributed by atoms with van der Waals surface area (Å²) in [6.45, 7) is 2.38. The van der Waals surface area contributed by atoms with Gasteiger partial charge in [-0.05, 0) is 25.0 Å². The van der Waals surface area contributed by atoms with Gasteiger partial charge in [-0.2, -0.15) is 11.8 Å². The summed E-state index contributed by atoms with van der Waals surface area (Å²) in [6, 6.07) is 0. The highest BCUT2D eigenvalue weighted by atomic mass is 32.2. The Labute approximate surface area is 96.7 Å². The van der Waals surface area contributed by atoms with Crippen LogP contribution < -0.4 is 0 Å².